The molecule has 2 N–H and O–H groups in total. The number of nitrogens with two attached hydrogens (primary N) is 1. The van der Waals surface area contributed by atoms with Crippen LogP contribution in [0.15, 0.2) is 16.5 Å². The monoisotopic (exact) mass is 279 g/mol. The number of hydrogen-bond acceptors (Lipinski definition) is 4. The van der Waals surface area contributed by atoms with Crippen LogP contribution < -0.4 is 5.73 Å². The summed E-state index contributed by atoms with van der Waals surface area (Å²) < 4.78 is 5.83. The molecule has 2 rings (SSSR count). The van der Waals surface area contributed by atoms with E-state index in [2.05, 4.69) is 36.8 Å². The second-order valence-corrected chi connectivity index (χ2v) is 6.08. The number of likely N-dealkylation sites (N-methyl/N-ethyl adjacent to an activating group) is 1. The van der Waals surface area contributed by atoms with Crippen molar-refractivity contribution < 1.29 is 4.42 Å². The van der Waals surface area contributed by atoms with Crippen molar-refractivity contribution in [2.75, 3.05) is 26.7 Å². The average molecular weight is 279 g/mol. The zero-order valence-electron chi connectivity index (χ0n) is 13.3. The number of likely N-dealkylation sites (tertiary alicyclic amines) is 1. The van der Waals surface area contributed by atoms with E-state index in [9.17, 15) is 0 Å². The number of furan rings is 1. The van der Waals surface area contributed by atoms with Gasteiger partial charge in [-0.05, 0) is 65.5 Å². The summed E-state index contributed by atoms with van der Waals surface area (Å²) in [4.78, 5) is 4.94. The Labute approximate surface area is 122 Å². The Hall–Kier alpha value is -0.840. The molecule has 0 saturated carbocycles. The van der Waals surface area contributed by atoms with Crippen molar-refractivity contribution in [1.29, 1.82) is 0 Å². The zero-order valence-corrected chi connectivity index (χ0v) is 13.3. The van der Waals surface area contributed by atoms with Gasteiger partial charge in [-0.25, -0.2) is 0 Å². The first-order valence-corrected chi connectivity index (χ1v) is 7.79. The van der Waals surface area contributed by atoms with Gasteiger partial charge in [0.25, 0.3) is 0 Å². The molecule has 0 aliphatic carbocycles. The van der Waals surface area contributed by atoms with Crippen LogP contribution in [0, 0.1) is 6.92 Å². The van der Waals surface area contributed by atoms with Crippen LogP contribution in [0.2, 0.25) is 0 Å². The predicted octanol–water partition coefficient (Wildman–Crippen LogP) is 2.39. The lowest BCUT2D eigenvalue weighted by Crippen LogP contribution is -2.47. The maximum absolute atomic E-state index is 6.23. The molecule has 0 bridgehead atoms. The molecule has 1 fully saturated rings. The lowest BCUT2D eigenvalue weighted by atomic mass is 9.98. The Morgan fingerprint density at radius 2 is 2.05 bits per heavy atom. The van der Waals surface area contributed by atoms with E-state index in [1.165, 1.54) is 25.9 Å². The summed E-state index contributed by atoms with van der Waals surface area (Å²) in [6.07, 6.45) is 2.43. The van der Waals surface area contributed by atoms with E-state index < -0.39 is 0 Å². The largest absolute Gasteiger partial charge is 0.465 e. The molecule has 114 valence electrons. The molecule has 1 saturated heterocycles. The van der Waals surface area contributed by atoms with E-state index in [0.717, 1.165) is 18.1 Å². The third-order valence-electron chi connectivity index (χ3n) is 4.57. The molecule has 4 heteroatoms. The lowest BCUT2D eigenvalue weighted by Gasteiger charge is -2.40. The fraction of sp³-hybridized carbons (Fsp3) is 0.750. The van der Waals surface area contributed by atoms with Crippen molar-refractivity contribution in [2.45, 2.75) is 51.7 Å². The summed E-state index contributed by atoms with van der Waals surface area (Å²) in [5.41, 5.74) is 6.23. The molecule has 2 atom stereocenters. The minimum atomic E-state index is 0.0646. The second-order valence-electron chi connectivity index (χ2n) is 6.08. The molecule has 0 spiro atoms. The lowest BCUT2D eigenvalue weighted by molar-refractivity contribution is 0.0797. The molecule has 1 aliphatic rings. The molecule has 2 heterocycles. The summed E-state index contributed by atoms with van der Waals surface area (Å²) >= 11 is 0. The molecule has 0 amide bonds. The summed E-state index contributed by atoms with van der Waals surface area (Å²) in [6, 6.07) is 4.93. The smallest absolute Gasteiger partial charge is 0.122 e. The van der Waals surface area contributed by atoms with Crippen LogP contribution in [0.5, 0.6) is 0 Å². The molecule has 4 nitrogen and oxygen atoms in total. The Balaban J connectivity index is 2.06. The Morgan fingerprint density at radius 3 is 2.50 bits per heavy atom. The van der Waals surface area contributed by atoms with Gasteiger partial charge in [-0.15, -0.1) is 0 Å². The molecule has 0 aromatic carbocycles. The molecule has 0 radical (unpaired) electrons. The van der Waals surface area contributed by atoms with E-state index in [1.54, 1.807) is 0 Å². The van der Waals surface area contributed by atoms with Gasteiger partial charge >= 0.3 is 0 Å². The van der Waals surface area contributed by atoms with Crippen molar-refractivity contribution in [2.24, 2.45) is 5.73 Å². The predicted molar refractivity (Wildman–Crippen MR) is 82.7 cm³/mol. The van der Waals surface area contributed by atoms with Crippen LogP contribution in [0.3, 0.4) is 0 Å². The van der Waals surface area contributed by atoms with Crippen LogP contribution in [0.25, 0.3) is 0 Å². The van der Waals surface area contributed by atoms with Crippen molar-refractivity contribution >= 4 is 0 Å². The van der Waals surface area contributed by atoms with Gasteiger partial charge in [0, 0.05) is 12.1 Å². The maximum Gasteiger partial charge on any atom is 0.122 e. The third-order valence-corrected chi connectivity index (χ3v) is 4.57. The van der Waals surface area contributed by atoms with Gasteiger partial charge in [0.1, 0.15) is 11.5 Å². The number of aryl methyl sites for hydroxylation is 1. The van der Waals surface area contributed by atoms with E-state index in [0.29, 0.717) is 6.04 Å². The van der Waals surface area contributed by atoms with E-state index in [4.69, 9.17) is 10.2 Å². The Kier molecular flexibility index (Phi) is 5.24. The molecular formula is C16H29N3O. The summed E-state index contributed by atoms with van der Waals surface area (Å²) in [5.74, 6) is 1.96. The number of nitrogens with zero attached hydrogens (tertiary/aromatic N) is 2. The quantitative estimate of drug-likeness (QED) is 0.899. The molecule has 1 aliphatic heterocycles. The van der Waals surface area contributed by atoms with Crippen LogP contribution in [0.1, 0.15) is 44.3 Å². The summed E-state index contributed by atoms with van der Waals surface area (Å²) in [6.45, 7) is 9.83. The normalized spacial score (nSPS) is 21.3. The van der Waals surface area contributed by atoms with E-state index >= 15 is 0 Å². The van der Waals surface area contributed by atoms with Gasteiger partial charge < -0.3 is 15.1 Å². The van der Waals surface area contributed by atoms with Gasteiger partial charge in [-0.2, -0.15) is 0 Å². The third kappa shape index (κ3) is 3.43. The standard InChI is InChI=1S/C16H29N3O/c1-5-19-10-8-14(9-11-19)18(4)16(13(3)17)15-7-6-12(2)20-15/h6-7,13-14,16H,5,8-11,17H2,1-4H3. The van der Waals surface area contributed by atoms with Crippen LogP contribution in [0.4, 0.5) is 0 Å². The molecule has 20 heavy (non-hydrogen) atoms. The first kappa shape index (κ1) is 15.5. The molecule has 1 aromatic heterocycles. The highest BCUT2D eigenvalue weighted by molar-refractivity contribution is 5.12. The van der Waals surface area contributed by atoms with Gasteiger partial charge in [-0.3, -0.25) is 4.90 Å². The summed E-state index contributed by atoms with van der Waals surface area (Å²) in [7, 11) is 2.19. The van der Waals surface area contributed by atoms with Crippen molar-refractivity contribution in [3.8, 4) is 0 Å². The van der Waals surface area contributed by atoms with Gasteiger partial charge in [0.2, 0.25) is 0 Å². The highest BCUT2D eigenvalue weighted by Gasteiger charge is 2.31. The maximum atomic E-state index is 6.23. The molecule has 1 aromatic rings. The van der Waals surface area contributed by atoms with Crippen molar-refractivity contribution in [3.63, 3.8) is 0 Å². The topological polar surface area (TPSA) is 45.6 Å². The van der Waals surface area contributed by atoms with Crippen molar-refractivity contribution in [3.05, 3.63) is 23.7 Å². The van der Waals surface area contributed by atoms with Gasteiger partial charge in [0.05, 0.1) is 6.04 Å². The number of hydrogen-bond donors (Lipinski definition) is 1. The fourth-order valence-corrected chi connectivity index (χ4v) is 3.31. The number of piperidine rings is 1. The van der Waals surface area contributed by atoms with Crippen LogP contribution >= 0.6 is 0 Å². The minimum absolute atomic E-state index is 0.0646. The highest BCUT2D eigenvalue weighted by atomic mass is 16.3. The van der Waals surface area contributed by atoms with Crippen LogP contribution in [-0.4, -0.2) is 48.6 Å². The second kappa shape index (κ2) is 6.74. The Morgan fingerprint density at radius 1 is 1.40 bits per heavy atom. The average Bonchev–Trinajstić information content (AvgIpc) is 2.85. The first-order chi connectivity index (χ1) is 9.52. The zero-order chi connectivity index (χ0) is 14.7. The van der Waals surface area contributed by atoms with E-state index in [-0.39, 0.29) is 12.1 Å². The number of rotatable bonds is 5. The van der Waals surface area contributed by atoms with Crippen LogP contribution in [-0.2, 0) is 0 Å². The van der Waals surface area contributed by atoms with Gasteiger partial charge in [0.15, 0.2) is 0 Å². The summed E-state index contributed by atoms with van der Waals surface area (Å²) in [5, 5.41) is 0. The first-order valence-electron chi connectivity index (χ1n) is 7.79. The Bertz CT molecular complexity index is 408. The fourth-order valence-electron chi connectivity index (χ4n) is 3.31. The minimum Gasteiger partial charge on any atom is -0.465 e. The van der Waals surface area contributed by atoms with Crippen molar-refractivity contribution in [1.82, 2.24) is 9.80 Å². The SMILES string of the molecule is CCN1CCC(N(C)C(c2ccc(C)o2)C(C)N)CC1. The van der Waals surface area contributed by atoms with E-state index in [1.807, 2.05) is 13.0 Å². The van der Waals surface area contributed by atoms with Gasteiger partial charge in [-0.1, -0.05) is 6.92 Å². The molecular weight excluding hydrogens is 250 g/mol. The highest BCUT2D eigenvalue weighted by Crippen LogP contribution is 2.29. The molecule has 2 unspecified atom stereocenters.